The van der Waals surface area contributed by atoms with E-state index < -0.39 is 0 Å². The Hall–Kier alpha value is -3.39. The van der Waals surface area contributed by atoms with Gasteiger partial charge in [-0.2, -0.15) is 0 Å². The van der Waals surface area contributed by atoms with Gasteiger partial charge in [0.15, 0.2) is 5.82 Å². The summed E-state index contributed by atoms with van der Waals surface area (Å²) in [6, 6.07) is 13.4. The maximum Gasteiger partial charge on any atom is 0.407 e. The average molecular weight is 463 g/mol. The third-order valence-electron chi connectivity index (χ3n) is 6.57. The van der Waals surface area contributed by atoms with Gasteiger partial charge in [0, 0.05) is 37.0 Å². The van der Waals surface area contributed by atoms with Gasteiger partial charge in [-0.3, -0.25) is 0 Å². The van der Waals surface area contributed by atoms with Gasteiger partial charge < -0.3 is 24.8 Å². The van der Waals surface area contributed by atoms with E-state index in [9.17, 15) is 9.90 Å². The van der Waals surface area contributed by atoms with E-state index in [0.717, 1.165) is 61.2 Å². The van der Waals surface area contributed by atoms with Crippen molar-refractivity contribution in [3.63, 3.8) is 0 Å². The summed E-state index contributed by atoms with van der Waals surface area (Å²) in [5.74, 6) is 1.82. The van der Waals surface area contributed by atoms with Crippen LogP contribution in [0.5, 0.6) is 5.75 Å². The predicted octanol–water partition coefficient (Wildman–Crippen LogP) is 4.04. The second-order valence-corrected chi connectivity index (χ2v) is 9.14. The largest absolute Gasteiger partial charge is 0.507 e. The molecule has 2 aliphatic rings. The Bertz CT molecular complexity index is 1170. The number of aromatic hydroxyl groups is 1. The minimum absolute atomic E-state index is 0.0663. The number of nitrogens with one attached hydrogen (secondary N) is 1. The standard InChI is InChI=1S/C26H30N4O4/c1-17-6-7-20-22(14-17)28-24(21-4-2-3-5-23(21)31)29-25(20)30-11-8-19(9-12-30)27-26(32)34-16-18-10-13-33-15-18/h2-7,14,18-19,31H,8-13,15-16H2,1H3,(H,27,32). The number of alkyl carbamates (subject to hydrolysis) is 1. The summed E-state index contributed by atoms with van der Waals surface area (Å²) in [6.45, 7) is 5.37. The number of aryl methyl sites for hydroxylation is 1. The fourth-order valence-electron chi connectivity index (χ4n) is 4.60. The van der Waals surface area contributed by atoms with Crippen molar-refractivity contribution in [1.82, 2.24) is 15.3 Å². The van der Waals surface area contributed by atoms with E-state index >= 15 is 0 Å². The molecule has 8 nitrogen and oxygen atoms in total. The quantitative estimate of drug-likeness (QED) is 0.591. The van der Waals surface area contributed by atoms with E-state index in [0.29, 0.717) is 30.5 Å². The van der Waals surface area contributed by atoms with Crippen molar-refractivity contribution >= 4 is 22.8 Å². The number of hydrogen-bond donors (Lipinski definition) is 2. The van der Waals surface area contributed by atoms with Crippen molar-refractivity contribution in [2.24, 2.45) is 5.92 Å². The third kappa shape index (κ3) is 4.92. The number of fused-ring (bicyclic) bond motifs is 1. The van der Waals surface area contributed by atoms with Crippen LogP contribution in [0.1, 0.15) is 24.8 Å². The molecule has 2 aliphatic heterocycles. The van der Waals surface area contributed by atoms with Crippen LogP contribution >= 0.6 is 0 Å². The lowest BCUT2D eigenvalue weighted by molar-refractivity contribution is 0.113. The van der Waals surface area contributed by atoms with Gasteiger partial charge in [-0.05, 0) is 56.0 Å². The highest BCUT2D eigenvalue weighted by molar-refractivity contribution is 5.92. The van der Waals surface area contributed by atoms with Gasteiger partial charge in [0.2, 0.25) is 0 Å². The van der Waals surface area contributed by atoms with Gasteiger partial charge in [-0.1, -0.05) is 18.2 Å². The number of aromatic nitrogens is 2. The van der Waals surface area contributed by atoms with Gasteiger partial charge in [0.05, 0.1) is 24.3 Å². The topological polar surface area (TPSA) is 96.8 Å². The van der Waals surface area contributed by atoms with E-state index in [1.807, 2.05) is 25.1 Å². The van der Waals surface area contributed by atoms with Gasteiger partial charge in [0.25, 0.3) is 0 Å². The summed E-state index contributed by atoms with van der Waals surface area (Å²) < 4.78 is 10.7. The number of nitrogens with zero attached hydrogens (tertiary/aromatic N) is 3. The number of amides is 1. The lowest BCUT2D eigenvalue weighted by Crippen LogP contribution is -2.45. The fourth-order valence-corrected chi connectivity index (χ4v) is 4.60. The maximum atomic E-state index is 12.2. The second-order valence-electron chi connectivity index (χ2n) is 9.14. The number of para-hydroxylation sites is 1. The summed E-state index contributed by atoms with van der Waals surface area (Å²) in [6.07, 6.45) is 2.19. The van der Waals surface area contributed by atoms with Gasteiger partial charge in [0.1, 0.15) is 11.6 Å². The lowest BCUT2D eigenvalue weighted by Gasteiger charge is -2.33. The number of ether oxygens (including phenoxy) is 2. The van der Waals surface area contributed by atoms with Crippen molar-refractivity contribution in [2.75, 3.05) is 37.8 Å². The molecule has 1 amide bonds. The number of phenolic OH excluding ortho intramolecular Hbond substituents is 1. The number of anilines is 1. The second kappa shape index (κ2) is 9.85. The molecule has 1 aromatic heterocycles. The third-order valence-corrected chi connectivity index (χ3v) is 6.57. The van der Waals surface area contributed by atoms with Gasteiger partial charge in [-0.25, -0.2) is 14.8 Å². The molecule has 2 aromatic carbocycles. The zero-order valence-electron chi connectivity index (χ0n) is 19.4. The number of piperidine rings is 1. The molecule has 0 aliphatic carbocycles. The fraction of sp³-hybridized carbons (Fsp3) is 0.423. The van der Waals surface area contributed by atoms with Gasteiger partial charge >= 0.3 is 6.09 Å². The molecule has 178 valence electrons. The molecule has 0 saturated carbocycles. The smallest absolute Gasteiger partial charge is 0.407 e. The van der Waals surface area contributed by atoms with Crippen LogP contribution in [0.25, 0.3) is 22.3 Å². The van der Waals surface area contributed by atoms with Crippen molar-refractivity contribution in [3.05, 3.63) is 48.0 Å². The lowest BCUT2D eigenvalue weighted by atomic mass is 10.0. The molecular weight excluding hydrogens is 432 g/mol. The molecule has 0 spiro atoms. The molecule has 0 radical (unpaired) electrons. The minimum Gasteiger partial charge on any atom is -0.507 e. The van der Waals surface area contributed by atoms with Crippen LogP contribution in [0.4, 0.5) is 10.6 Å². The Morgan fingerprint density at radius 1 is 1.18 bits per heavy atom. The molecule has 1 atom stereocenters. The first-order valence-electron chi connectivity index (χ1n) is 11.9. The molecule has 8 heteroatoms. The van der Waals surface area contributed by atoms with E-state index in [2.05, 4.69) is 22.3 Å². The number of hydrogen-bond acceptors (Lipinski definition) is 7. The van der Waals surface area contributed by atoms with E-state index in [-0.39, 0.29) is 17.9 Å². The van der Waals surface area contributed by atoms with Gasteiger partial charge in [-0.15, -0.1) is 0 Å². The highest BCUT2D eigenvalue weighted by atomic mass is 16.6. The summed E-state index contributed by atoms with van der Waals surface area (Å²) >= 11 is 0. The number of phenols is 1. The molecule has 1 unspecified atom stereocenters. The Morgan fingerprint density at radius 3 is 2.76 bits per heavy atom. The predicted molar refractivity (Wildman–Crippen MR) is 130 cm³/mol. The molecule has 2 saturated heterocycles. The normalized spacial score (nSPS) is 18.9. The Kier molecular flexibility index (Phi) is 6.49. The van der Waals surface area contributed by atoms with Crippen molar-refractivity contribution in [2.45, 2.75) is 32.2 Å². The molecule has 5 rings (SSSR count). The Morgan fingerprint density at radius 2 is 2.00 bits per heavy atom. The number of carbonyl (C=O) groups excluding carboxylic acids is 1. The van der Waals surface area contributed by atoms with Crippen LogP contribution < -0.4 is 10.2 Å². The number of rotatable bonds is 5. The molecule has 3 heterocycles. The molecule has 2 N–H and O–H groups in total. The van der Waals surface area contributed by atoms with E-state index in [1.54, 1.807) is 12.1 Å². The van der Waals surface area contributed by atoms with E-state index in [4.69, 9.17) is 19.4 Å². The van der Waals surface area contributed by atoms with Crippen molar-refractivity contribution in [3.8, 4) is 17.1 Å². The number of carbonyl (C=O) groups is 1. The zero-order chi connectivity index (χ0) is 23.5. The van der Waals surface area contributed by atoms with Crippen LogP contribution in [-0.2, 0) is 9.47 Å². The average Bonchev–Trinajstić information content (AvgIpc) is 3.36. The maximum absolute atomic E-state index is 12.2. The van der Waals surface area contributed by atoms with Crippen LogP contribution in [0.3, 0.4) is 0 Å². The highest BCUT2D eigenvalue weighted by Gasteiger charge is 2.25. The first-order valence-corrected chi connectivity index (χ1v) is 11.9. The summed E-state index contributed by atoms with van der Waals surface area (Å²) in [4.78, 5) is 24.1. The SMILES string of the molecule is Cc1ccc2c(N3CCC(NC(=O)OCC4CCOC4)CC3)nc(-c3ccccc3O)nc2c1. The van der Waals surface area contributed by atoms with Crippen molar-refractivity contribution < 1.29 is 19.4 Å². The van der Waals surface area contributed by atoms with Crippen LogP contribution in [0.2, 0.25) is 0 Å². The minimum atomic E-state index is -0.352. The molecule has 3 aromatic rings. The highest BCUT2D eigenvalue weighted by Crippen LogP contribution is 2.33. The summed E-state index contributed by atoms with van der Waals surface area (Å²) in [5, 5.41) is 14.4. The monoisotopic (exact) mass is 462 g/mol. The van der Waals surface area contributed by atoms with E-state index in [1.165, 1.54) is 0 Å². The van der Waals surface area contributed by atoms with Crippen molar-refractivity contribution in [1.29, 1.82) is 0 Å². The number of benzene rings is 2. The molecule has 2 fully saturated rings. The van der Waals surface area contributed by atoms with Crippen LogP contribution in [0, 0.1) is 12.8 Å². The van der Waals surface area contributed by atoms with Crippen LogP contribution in [0.15, 0.2) is 42.5 Å². The summed E-state index contributed by atoms with van der Waals surface area (Å²) in [7, 11) is 0. The summed E-state index contributed by atoms with van der Waals surface area (Å²) in [5.41, 5.74) is 2.58. The van der Waals surface area contributed by atoms with Crippen LogP contribution in [-0.4, -0.2) is 60.1 Å². The molecular formula is C26H30N4O4. The first-order chi connectivity index (χ1) is 16.6. The first kappa shape index (κ1) is 22.4. The molecule has 0 bridgehead atoms. The Labute approximate surface area is 198 Å². The zero-order valence-corrected chi connectivity index (χ0v) is 19.4. The molecule has 34 heavy (non-hydrogen) atoms. The Balaban J connectivity index is 1.30.